The Labute approximate surface area is 167 Å². The standard InChI is InChI=1S/C19H21N5O4S/c20-16-11-21-18-15(17(16)22-12-6-7-13(10-12)23-19(25)26)8-9-24(18)29(27,28)14-4-2-1-3-5-14/h1-5,8-9,11-13,23H,6-7,10,20H2,(H,21,22)(H,25,26)/t12-,13-/m1/s1. The number of anilines is 2. The number of nitrogens with two attached hydrogens (primary N) is 1. The van der Waals surface area contributed by atoms with Crippen LogP contribution in [0.5, 0.6) is 0 Å². The number of nitrogen functional groups attached to an aromatic ring is 1. The first-order chi connectivity index (χ1) is 13.9. The second-order valence-corrected chi connectivity index (χ2v) is 8.87. The Bertz CT molecular complexity index is 1160. The smallest absolute Gasteiger partial charge is 0.404 e. The number of carbonyl (C=O) groups is 1. The van der Waals surface area contributed by atoms with Crippen LogP contribution in [0.1, 0.15) is 19.3 Å². The minimum atomic E-state index is -3.79. The molecule has 0 bridgehead atoms. The number of carboxylic acid groups (broad SMARTS) is 1. The molecular weight excluding hydrogens is 394 g/mol. The summed E-state index contributed by atoms with van der Waals surface area (Å²) in [4.78, 5) is 15.3. The summed E-state index contributed by atoms with van der Waals surface area (Å²) in [6, 6.07) is 9.72. The van der Waals surface area contributed by atoms with Crippen molar-refractivity contribution in [3.8, 4) is 0 Å². The van der Waals surface area contributed by atoms with Crippen molar-refractivity contribution in [1.82, 2.24) is 14.3 Å². The first-order valence-electron chi connectivity index (χ1n) is 9.18. The van der Waals surface area contributed by atoms with Crippen LogP contribution < -0.4 is 16.4 Å². The summed E-state index contributed by atoms with van der Waals surface area (Å²) in [6.07, 6.45) is 3.99. The average Bonchev–Trinajstić information content (AvgIpc) is 3.31. The molecule has 1 aromatic carbocycles. The van der Waals surface area contributed by atoms with Gasteiger partial charge in [0, 0.05) is 23.7 Å². The number of nitrogens with zero attached hydrogens (tertiary/aromatic N) is 2. The Kier molecular flexibility index (Phi) is 4.79. The van der Waals surface area contributed by atoms with E-state index in [0.29, 0.717) is 23.2 Å². The van der Waals surface area contributed by atoms with Crippen molar-refractivity contribution in [3.05, 3.63) is 48.8 Å². The summed E-state index contributed by atoms with van der Waals surface area (Å²) in [5.74, 6) is 0. The third kappa shape index (κ3) is 3.58. The second kappa shape index (κ2) is 7.28. The fourth-order valence-electron chi connectivity index (χ4n) is 3.76. The highest BCUT2D eigenvalue weighted by Gasteiger charge is 2.27. The van der Waals surface area contributed by atoms with Gasteiger partial charge in [0.15, 0.2) is 5.65 Å². The summed E-state index contributed by atoms with van der Waals surface area (Å²) in [7, 11) is -3.79. The topological polar surface area (TPSA) is 139 Å². The summed E-state index contributed by atoms with van der Waals surface area (Å²) in [6.45, 7) is 0. The van der Waals surface area contributed by atoms with Crippen LogP contribution in [0.25, 0.3) is 11.0 Å². The van der Waals surface area contributed by atoms with E-state index >= 15 is 0 Å². The molecule has 0 unspecified atom stereocenters. The maximum atomic E-state index is 13.0. The van der Waals surface area contributed by atoms with Gasteiger partial charge < -0.3 is 21.5 Å². The number of hydrogen-bond acceptors (Lipinski definition) is 6. The predicted molar refractivity (Wildman–Crippen MR) is 109 cm³/mol. The van der Waals surface area contributed by atoms with Gasteiger partial charge in [0.05, 0.1) is 22.5 Å². The molecule has 0 spiro atoms. The maximum absolute atomic E-state index is 13.0. The molecule has 29 heavy (non-hydrogen) atoms. The number of rotatable bonds is 5. The van der Waals surface area contributed by atoms with Gasteiger partial charge in [-0.2, -0.15) is 0 Å². The number of nitrogens with one attached hydrogen (secondary N) is 2. The maximum Gasteiger partial charge on any atom is 0.404 e. The van der Waals surface area contributed by atoms with Crippen LogP contribution in [0, 0.1) is 0 Å². The molecular formula is C19H21N5O4S. The molecule has 2 aromatic heterocycles. The Morgan fingerprint density at radius 1 is 1.17 bits per heavy atom. The molecule has 152 valence electrons. The fourth-order valence-corrected chi connectivity index (χ4v) is 5.08. The van der Waals surface area contributed by atoms with E-state index in [0.717, 1.165) is 16.8 Å². The van der Waals surface area contributed by atoms with Gasteiger partial charge in [-0.3, -0.25) is 0 Å². The molecule has 10 heteroatoms. The van der Waals surface area contributed by atoms with Gasteiger partial charge in [0.2, 0.25) is 0 Å². The van der Waals surface area contributed by atoms with Crippen LogP contribution in [-0.2, 0) is 10.0 Å². The third-order valence-corrected chi connectivity index (χ3v) is 6.80. The zero-order chi connectivity index (χ0) is 20.6. The van der Waals surface area contributed by atoms with Gasteiger partial charge in [-0.05, 0) is 37.5 Å². The number of fused-ring (bicyclic) bond motifs is 1. The van der Waals surface area contributed by atoms with Crippen LogP contribution in [0.3, 0.4) is 0 Å². The summed E-state index contributed by atoms with van der Waals surface area (Å²) in [5.41, 5.74) is 7.41. The fraction of sp³-hybridized carbons (Fsp3) is 0.263. The van der Waals surface area contributed by atoms with Gasteiger partial charge in [-0.25, -0.2) is 22.2 Å². The molecule has 1 fully saturated rings. The molecule has 0 radical (unpaired) electrons. The Balaban J connectivity index is 1.67. The molecule has 4 rings (SSSR count). The Morgan fingerprint density at radius 2 is 1.90 bits per heavy atom. The van der Waals surface area contributed by atoms with Crippen molar-refractivity contribution in [1.29, 1.82) is 0 Å². The zero-order valence-corrected chi connectivity index (χ0v) is 16.3. The highest BCUT2D eigenvalue weighted by Crippen LogP contribution is 2.33. The summed E-state index contributed by atoms with van der Waals surface area (Å²) in [5, 5.41) is 15.3. The molecule has 1 amide bonds. The van der Waals surface area contributed by atoms with Crippen molar-refractivity contribution in [3.63, 3.8) is 0 Å². The number of benzene rings is 1. The van der Waals surface area contributed by atoms with E-state index in [2.05, 4.69) is 15.6 Å². The Hall–Kier alpha value is -3.27. The average molecular weight is 415 g/mol. The summed E-state index contributed by atoms with van der Waals surface area (Å²) < 4.78 is 27.2. The van der Waals surface area contributed by atoms with E-state index in [1.165, 1.54) is 24.5 Å². The van der Waals surface area contributed by atoms with Crippen LogP contribution in [0.2, 0.25) is 0 Å². The SMILES string of the molecule is Nc1cnc2c(ccn2S(=O)(=O)c2ccccc2)c1N[C@@H]1CC[C@@H](NC(=O)O)C1. The molecule has 0 aliphatic heterocycles. The van der Waals surface area contributed by atoms with Crippen molar-refractivity contribution < 1.29 is 18.3 Å². The Morgan fingerprint density at radius 3 is 2.62 bits per heavy atom. The van der Waals surface area contributed by atoms with E-state index in [-0.39, 0.29) is 22.6 Å². The lowest BCUT2D eigenvalue weighted by Gasteiger charge is -2.17. The van der Waals surface area contributed by atoms with Crippen LogP contribution >= 0.6 is 0 Å². The molecule has 2 heterocycles. The normalized spacial score (nSPS) is 19.3. The molecule has 1 saturated carbocycles. The van der Waals surface area contributed by atoms with Gasteiger partial charge in [-0.1, -0.05) is 18.2 Å². The van der Waals surface area contributed by atoms with E-state index in [1.54, 1.807) is 24.3 Å². The number of amides is 1. The van der Waals surface area contributed by atoms with Crippen molar-refractivity contribution in [2.75, 3.05) is 11.1 Å². The number of pyridine rings is 1. The molecule has 9 nitrogen and oxygen atoms in total. The lowest BCUT2D eigenvalue weighted by Crippen LogP contribution is -2.32. The van der Waals surface area contributed by atoms with Gasteiger partial charge in [0.25, 0.3) is 10.0 Å². The molecule has 3 aromatic rings. The predicted octanol–water partition coefficient (Wildman–Crippen LogP) is 2.46. The molecule has 2 atom stereocenters. The van der Waals surface area contributed by atoms with E-state index in [1.807, 2.05) is 0 Å². The first kappa shape index (κ1) is 19.1. The van der Waals surface area contributed by atoms with Crippen molar-refractivity contribution in [2.24, 2.45) is 0 Å². The van der Waals surface area contributed by atoms with Gasteiger partial charge >= 0.3 is 6.09 Å². The van der Waals surface area contributed by atoms with Gasteiger partial charge in [0.1, 0.15) is 0 Å². The van der Waals surface area contributed by atoms with E-state index in [4.69, 9.17) is 10.8 Å². The lowest BCUT2D eigenvalue weighted by molar-refractivity contribution is 0.190. The number of aromatic nitrogens is 2. The monoisotopic (exact) mass is 415 g/mol. The number of hydrogen-bond donors (Lipinski definition) is 4. The van der Waals surface area contributed by atoms with Crippen LogP contribution in [0.15, 0.2) is 53.7 Å². The molecule has 1 aliphatic carbocycles. The van der Waals surface area contributed by atoms with Crippen molar-refractivity contribution in [2.45, 2.75) is 36.2 Å². The summed E-state index contributed by atoms with van der Waals surface area (Å²) >= 11 is 0. The minimum absolute atomic E-state index is 0.0221. The van der Waals surface area contributed by atoms with Gasteiger partial charge in [-0.15, -0.1) is 0 Å². The van der Waals surface area contributed by atoms with E-state index in [9.17, 15) is 13.2 Å². The third-order valence-electron chi connectivity index (χ3n) is 5.12. The largest absolute Gasteiger partial charge is 0.465 e. The van der Waals surface area contributed by atoms with Crippen LogP contribution in [-0.4, -0.2) is 40.7 Å². The zero-order valence-electron chi connectivity index (χ0n) is 15.4. The quantitative estimate of drug-likeness (QED) is 0.502. The minimum Gasteiger partial charge on any atom is -0.465 e. The second-order valence-electron chi connectivity index (χ2n) is 7.06. The molecule has 5 N–H and O–H groups in total. The highest BCUT2D eigenvalue weighted by molar-refractivity contribution is 7.90. The lowest BCUT2D eigenvalue weighted by atomic mass is 10.2. The van der Waals surface area contributed by atoms with E-state index < -0.39 is 16.1 Å². The molecule has 0 saturated heterocycles. The highest BCUT2D eigenvalue weighted by atomic mass is 32.2. The van der Waals surface area contributed by atoms with Crippen molar-refractivity contribution >= 4 is 38.5 Å². The first-order valence-corrected chi connectivity index (χ1v) is 10.6. The molecule has 1 aliphatic rings. The van der Waals surface area contributed by atoms with Crippen LogP contribution in [0.4, 0.5) is 16.2 Å².